The quantitative estimate of drug-likeness (QED) is 0.876. The first-order valence-electron chi connectivity index (χ1n) is 4.87. The molecule has 1 aromatic carbocycles. The summed E-state index contributed by atoms with van der Waals surface area (Å²) in [7, 11) is -3.28. The monoisotopic (exact) mass is 258 g/mol. The number of sulfone groups is 1. The van der Waals surface area contributed by atoms with Crippen LogP contribution >= 0.6 is 0 Å². The van der Waals surface area contributed by atoms with Gasteiger partial charge in [0.05, 0.1) is 4.90 Å². The van der Waals surface area contributed by atoms with Crippen LogP contribution in [0.2, 0.25) is 0 Å². The van der Waals surface area contributed by atoms with Crippen molar-refractivity contribution < 1.29 is 23.1 Å². The minimum absolute atomic E-state index is 0.264. The molecule has 0 heterocycles. The largest absolute Gasteiger partial charge is 0.482 e. The number of ether oxygens (including phenoxy) is 1. The van der Waals surface area contributed by atoms with Gasteiger partial charge in [-0.3, -0.25) is 0 Å². The maximum atomic E-state index is 11.5. The summed E-state index contributed by atoms with van der Waals surface area (Å²) in [5.41, 5.74) is 1.10. The number of hydrogen-bond acceptors (Lipinski definition) is 4. The van der Waals surface area contributed by atoms with Crippen molar-refractivity contribution >= 4 is 15.8 Å². The van der Waals surface area contributed by atoms with Crippen LogP contribution in [0.5, 0.6) is 5.75 Å². The fourth-order valence-electron chi connectivity index (χ4n) is 1.72. The molecule has 0 spiro atoms. The molecule has 1 rings (SSSR count). The van der Waals surface area contributed by atoms with E-state index in [9.17, 15) is 13.2 Å². The Bertz CT molecular complexity index is 522. The highest BCUT2D eigenvalue weighted by atomic mass is 32.2. The van der Waals surface area contributed by atoms with Crippen molar-refractivity contribution in [1.29, 1.82) is 0 Å². The Hall–Kier alpha value is -1.56. The SMILES string of the molecule is Cc1cc(OCC(=O)O)cc(C)c1S(C)(=O)=O. The van der Waals surface area contributed by atoms with E-state index in [4.69, 9.17) is 9.84 Å². The lowest BCUT2D eigenvalue weighted by Crippen LogP contribution is -2.10. The van der Waals surface area contributed by atoms with Crippen LogP contribution in [0.1, 0.15) is 11.1 Å². The van der Waals surface area contributed by atoms with E-state index in [0.29, 0.717) is 16.9 Å². The van der Waals surface area contributed by atoms with Gasteiger partial charge in [-0.15, -0.1) is 0 Å². The summed E-state index contributed by atoms with van der Waals surface area (Å²) in [6, 6.07) is 3.04. The van der Waals surface area contributed by atoms with Gasteiger partial charge in [0.1, 0.15) is 5.75 Å². The van der Waals surface area contributed by atoms with Crippen LogP contribution in [-0.2, 0) is 14.6 Å². The average Bonchev–Trinajstić information content (AvgIpc) is 2.11. The van der Waals surface area contributed by atoms with E-state index in [2.05, 4.69) is 0 Å². The van der Waals surface area contributed by atoms with Crippen molar-refractivity contribution in [3.8, 4) is 5.75 Å². The normalized spacial score (nSPS) is 11.2. The maximum absolute atomic E-state index is 11.5. The average molecular weight is 258 g/mol. The minimum atomic E-state index is -3.28. The number of aryl methyl sites for hydroxylation is 2. The molecular formula is C11H14O5S. The number of hydrogen-bond donors (Lipinski definition) is 1. The highest BCUT2D eigenvalue weighted by Gasteiger charge is 2.15. The summed E-state index contributed by atoms with van der Waals surface area (Å²) >= 11 is 0. The van der Waals surface area contributed by atoms with E-state index in [1.54, 1.807) is 13.8 Å². The summed E-state index contributed by atoms with van der Waals surface area (Å²) in [6.07, 6.45) is 1.14. The van der Waals surface area contributed by atoms with Crippen molar-refractivity contribution in [1.82, 2.24) is 0 Å². The van der Waals surface area contributed by atoms with Crippen LogP contribution in [0.3, 0.4) is 0 Å². The molecule has 6 heteroatoms. The van der Waals surface area contributed by atoms with Gasteiger partial charge in [0, 0.05) is 6.26 Å². The molecule has 0 aromatic heterocycles. The van der Waals surface area contributed by atoms with Crippen molar-refractivity contribution in [3.05, 3.63) is 23.3 Å². The summed E-state index contributed by atoms with van der Waals surface area (Å²) in [5, 5.41) is 8.48. The molecule has 0 bridgehead atoms. The van der Waals surface area contributed by atoms with E-state index in [-0.39, 0.29) is 4.90 Å². The predicted octanol–water partition coefficient (Wildman–Crippen LogP) is 1.17. The number of carbonyl (C=O) groups is 1. The lowest BCUT2D eigenvalue weighted by molar-refractivity contribution is -0.139. The first-order chi connectivity index (χ1) is 7.71. The van der Waals surface area contributed by atoms with Crippen LogP contribution in [0.4, 0.5) is 0 Å². The number of carboxylic acids is 1. The molecule has 0 fully saturated rings. The van der Waals surface area contributed by atoms with Crippen LogP contribution in [-0.4, -0.2) is 32.4 Å². The molecule has 0 aliphatic heterocycles. The standard InChI is InChI=1S/C11H14O5S/c1-7-4-9(16-6-10(12)13)5-8(2)11(7)17(3,14)15/h4-5H,6H2,1-3H3,(H,12,13). The molecule has 94 valence electrons. The number of aliphatic carboxylic acids is 1. The van der Waals surface area contributed by atoms with Crippen LogP contribution in [0.15, 0.2) is 17.0 Å². The smallest absolute Gasteiger partial charge is 0.341 e. The first-order valence-corrected chi connectivity index (χ1v) is 6.77. The first kappa shape index (κ1) is 13.5. The molecule has 5 nitrogen and oxygen atoms in total. The van der Waals surface area contributed by atoms with Crippen molar-refractivity contribution in [2.45, 2.75) is 18.7 Å². The minimum Gasteiger partial charge on any atom is -0.482 e. The van der Waals surface area contributed by atoms with Gasteiger partial charge < -0.3 is 9.84 Å². The van der Waals surface area contributed by atoms with Crippen molar-refractivity contribution in [2.75, 3.05) is 12.9 Å². The van der Waals surface area contributed by atoms with Gasteiger partial charge >= 0.3 is 5.97 Å². The zero-order valence-corrected chi connectivity index (χ0v) is 10.7. The Morgan fingerprint density at radius 3 is 2.12 bits per heavy atom. The van der Waals surface area contributed by atoms with Crippen molar-refractivity contribution in [3.63, 3.8) is 0 Å². The highest BCUT2D eigenvalue weighted by Crippen LogP contribution is 2.25. The molecule has 0 radical (unpaired) electrons. The van der Waals surface area contributed by atoms with Crippen molar-refractivity contribution in [2.24, 2.45) is 0 Å². The molecule has 0 atom stereocenters. The Morgan fingerprint density at radius 2 is 1.76 bits per heavy atom. The lowest BCUT2D eigenvalue weighted by atomic mass is 10.1. The van der Waals surface area contributed by atoms with Crippen LogP contribution in [0, 0.1) is 13.8 Å². The Labute approximate surface area is 100.0 Å². The molecule has 0 saturated carbocycles. The lowest BCUT2D eigenvalue weighted by Gasteiger charge is -2.11. The maximum Gasteiger partial charge on any atom is 0.341 e. The molecule has 0 saturated heterocycles. The predicted molar refractivity (Wildman–Crippen MR) is 62.2 cm³/mol. The third kappa shape index (κ3) is 3.45. The summed E-state index contributed by atoms with van der Waals surface area (Å²) in [6.45, 7) is 2.85. The topological polar surface area (TPSA) is 80.7 Å². The van der Waals surface area contributed by atoms with Crippen LogP contribution < -0.4 is 4.74 Å². The Balaban J connectivity index is 3.15. The molecule has 0 unspecified atom stereocenters. The van der Waals surface area contributed by atoms with E-state index in [1.165, 1.54) is 12.1 Å². The zero-order valence-electron chi connectivity index (χ0n) is 9.85. The third-order valence-electron chi connectivity index (χ3n) is 2.17. The zero-order chi connectivity index (χ0) is 13.2. The molecule has 1 aromatic rings. The second-order valence-corrected chi connectivity index (χ2v) is 5.79. The molecule has 0 aliphatic rings. The molecule has 0 aliphatic carbocycles. The molecule has 17 heavy (non-hydrogen) atoms. The third-order valence-corrected chi connectivity index (χ3v) is 3.55. The van der Waals surface area contributed by atoms with E-state index in [0.717, 1.165) is 6.26 Å². The van der Waals surface area contributed by atoms with Gasteiger partial charge in [-0.05, 0) is 37.1 Å². The summed E-state index contributed by atoms with van der Waals surface area (Å²) < 4.78 is 28.0. The summed E-state index contributed by atoms with van der Waals surface area (Å²) in [4.78, 5) is 10.6. The van der Waals surface area contributed by atoms with Gasteiger partial charge in [0.15, 0.2) is 16.4 Å². The van der Waals surface area contributed by atoms with E-state index >= 15 is 0 Å². The number of benzene rings is 1. The number of carboxylic acid groups (broad SMARTS) is 1. The number of rotatable bonds is 4. The fourth-order valence-corrected chi connectivity index (χ4v) is 3.01. The second kappa shape index (κ2) is 4.75. The molecular weight excluding hydrogens is 244 g/mol. The molecule has 0 amide bonds. The van der Waals surface area contributed by atoms with Gasteiger partial charge in [-0.2, -0.15) is 0 Å². The summed E-state index contributed by atoms with van der Waals surface area (Å²) in [5.74, 6) is -0.720. The van der Waals surface area contributed by atoms with Gasteiger partial charge in [-0.25, -0.2) is 13.2 Å². The fraction of sp³-hybridized carbons (Fsp3) is 0.364. The van der Waals surface area contributed by atoms with Gasteiger partial charge in [0.25, 0.3) is 0 Å². The molecule has 1 N–H and O–H groups in total. The Morgan fingerprint density at radius 1 is 1.29 bits per heavy atom. The van der Waals surface area contributed by atoms with E-state index < -0.39 is 22.4 Å². The van der Waals surface area contributed by atoms with E-state index in [1.807, 2.05) is 0 Å². The Kier molecular flexibility index (Phi) is 3.77. The van der Waals surface area contributed by atoms with Gasteiger partial charge in [0.2, 0.25) is 0 Å². The highest BCUT2D eigenvalue weighted by molar-refractivity contribution is 7.90. The van der Waals surface area contributed by atoms with Gasteiger partial charge in [-0.1, -0.05) is 0 Å². The second-order valence-electron chi connectivity index (χ2n) is 3.84. The van der Waals surface area contributed by atoms with Crippen LogP contribution in [0.25, 0.3) is 0 Å².